The van der Waals surface area contributed by atoms with Crippen molar-refractivity contribution in [2.75, 3.05) is 19.5 Å². The summed E-state index contributed by atoms with van der Waals surface area (Å²) in [7, 11) is -1.90. The molecule has 0 bridgehead atoms. The van der Waals surface area contributed by atoms with Gasteiger partial charge in [-0.3, -0.25) is 4.79 Å². The van der Waals surface area contributed by atoms with E-state index in [1.807, 2.05) is 0 Å². The Morgan fingerprint density at radius 1 is 1.25 bits per heavy atom. The van der Waals surface area contributed by atoms with Gasteiger partial charge in [-0.25, -0.2) is 12.8 Å². The molecule has 0 aliphatic heterocycles. The first kappa shape index (κ1) is 20.4. The van der Waals surface area contributed by atoms with Crippen molar-refractivity contribution >= 4 is 37.3 Å². The maximum Gasteiger partial charge on any atom is 0.279 e. The highest BCUT2D eigenvalue weighted by molar-refractivity contribution is 7.91. The number of amides is 1. The van der Waals surface area contributed by atoms with Crippen molar-refractivity contribution in [2.24, 2.45) is 4.99 Å². The Morgan fingerprint density at radius 2 is 2.00 bits per heavy atom. The smallest absolute Gasteiger partial charge is 0.279 e. The number of hydrogen-bond acceptors (Lipinski definition) is 5. The van der Waals surface area contributed by atoms with Gasteiger partial charge >= 0.3 is 0 Å². The highest BCUT2D eigenvalue weighted by atomic mass is 32.2. The summed E-state index contributed by atoms with van der Waals surface area (Å²) in [6, 6.07) is 10.5. The van der Waals surface area contributed by atoms with Crippen molar-refractivity contribution in [3.8, 4) is 0 Å². The van der Waals surface area contributed by atoms with Gasteiger partial charge in [0.05, 0.1) is 27.5 Å². The van der Waals surface area contributed by atoms with Crippen LogP contribution in [0.1, 0.15) is 17.3 Å². The van der Waals surface area contributed by atoms with Gasteiger partial charge in [0.25, 0.3) is 5.91 Å². The number of sulfone groups is 1. The van der Waals surface area contributed by atoms with E-state index in [1.165, 1.54) is 48.8 Å². The minimum atomic E-state index is -3.44. The number of nitrogens with zero attached hydrogens (tertiary/aromatic N) is 2. The standard InChI is InChI=1S/C19H19FN2O4S2/c1-3-28(24,25)14-7-4-6-13(12-14)18(23)21-19-22(10-11-26-2)17-15(20)8-5-9-16(17)27-19/h4-9,12H,3,10-11H2,1-2H3. The van der Waals surface area contributed by atoms with E-state index in [-0.39, 0.29) is 16.2 Å². The number of rotatable bonds is 6. The number of carbonyl (C=O) groups is 1. The lowest BCUT2D eigenvalue weighted by Crippen LogP contribution is -2.20. The Kier molecular flexibility index (Phi) is 6.07. The number of para-hydroxylation sites is 1. The average Bonchev–Trinajstić information content (AvgIpc) is 3.04. The fourth-order valence-electron chi connectivity index (χ4n) is 2.70. The number of benzene rings is 2. The lowest BCUT2D eigenvalue weighted by atomic mass is 10.2. The van der Waals surface area contributed by atoms with Crippen LogP contribution in [-0.4, -0.2) is 38.4 Å². The summed E-state index contributed by atoms with van der Waals surface area (Å²) in [4.78, 5) is 17.2. The zero-order chi connectivity index (χ0) is 20.3. The first-order valence-corrected chi connectivity index (χ1v) is 11.0. The Morgan fingerprint density at radius 3 is 2.71 bits per heavy atom. The van der Waals surface area contributed by atoms with Gasteiger partial charge in [0, 0.05) is 19.2 Å². The van der Waals surface area contributed by atoms with Crippen LogP contribution >= 0.6 is 11.3 Å². The molecule has 0 atom stereocenters. The quantitative estimate of drug-likeness (QED) is 0.612. The molecule has 28 heavy (non-hydrogen) atoms. The summed E-state index contributed by atoms with van der Waals surface area (Å²) in [5.74, 6) is -1.06. The zero-order valence-corrected chi connectivity index (χ0v) is 17.0. The third kappa shape index (κ3) is 4.06. The monoisotopic (exact) mass is 422 g/mol. The third-order valence-electron chi connectivity index (χ3n) is 4.19. The fourth-order valence-corrected chi connectivity index (χ4v) is 4.70. The Labute approximate surface area is 165 Å². The van der Waals surface area contributed by atoms with Crippen LogP contribution in [0.3, 0.4) is 0 Å². The normalized spacial score (nSPS) is 12.6. The molecule has 0 spiro atoms. The molecule has 1 heterocycles. The second kappa shape index (κ2) is 8.34. The molecular weight excluding hydrogens is 403 g/mol. The van der Waals surface area contributed by atoms with E-state index in [1.54, 1.807) is 23.6 Å². The van der Waals surface area contributed by atoms with Gasteiger partial charge in [-0.1, -0.05) is 30.4 Å². The molecule has 3 rings (SSSR count). The molecule has 0 aliphatic carbocycles. The molecular formula is C19H19FN2O4S2. The van der Waals surface area contributed by atoms with Gasteiger partial charge in [-0.05, 0) is 30.3 Å². The number of halogens is 1. The topological polar surface area (TPSA) is 77.7 Å². The van der Waals surface area contributed by atoms with Crippen LogP contribution in [0.25, 0.3) is 10.2 Å². The number of fused-ring (bicyclic) bond motifs is 1. The number of ether oxygens (including phenoxy) is 1. The van der Waals surface area contributed by atoms with Crippen LogP contribution < -0.4 is 4.80 Å². The molecule has 9 heteroatoms. The summed E-state index contributed by atoms with van der Waals surface area (Å²) in [6.45, 7) is 2.19. The lowest BCUT2D eigenvalue weighted by molar-refractivity contribution is 0.0997. The summed E-state index contributed by atoms with van der Waals surface area (Å²) < 4.78 is 45.8. The maximum atomic E-state index is 14.3. The van der Waals surface area contributed by atoms with Crippen LogP contribution in [-0.2, 0) is 21.1 Å². The number of methoxy groups -OCH3 is 1. The first-order valence-electron chi connectivity index (χ1n) is 8.56. The Hall–Kier alpha value is -2.36. The van der Waals surface area contributed by atoms with Crippen molar-refractivity contribution in [3.05, 3.63) is 58.6 Å². The number of thiazole rings is 1. The maximum absolute atomic E-state index is 14.3. The molecule has 0 saturated heterocycles. The molecule has 6 nitrogen and oxygen atoms in total. The third-order valence-corrected chi connectivity index (χ3v) is 6.96. The van der Waals surface area contributed by atoms with Crippen molar-refractivity contribution in [1.29, 1.82) is 0 Å². The van der Waals surface area contributed by atoms with Gasteiger partial charge < -0.3 is 9.30 Å². The predicted octanol–water partition coefficient (Wildman–Crippen LogP) is 3.02. The Bertz CT molecular complexity index is 1200. The number of hydrogen-bond donors (Lipinski definition) is 0. The fraction of sp³-hybridized carbons (Fsp3) is 0.263. The minimum Gasteiger partial charge on any atom is -0.383 e. The van der Waals surface area contributed by atoms with E-state index in [0.717, 1.165) is 0 Å². The van der Waals surface area contributed by atoms with Crippen LogP contribution in [0.15, 0.2) is 52.4 Å². The zero-order valence-electron chi connectivity index (χ0n) is 15.4. The van der Waals surface area contributed by atoms with Gasteiger partial charge in [-0.15, -0.1) is 0 Å². The van der Waals surface area contributed by atoms with Crippen LogP contribution in [0.4, 0.5) is 4.39 Å². The van der Waals surface area contributed by atoms with Crippen molar-refractivity contribution in [2.45, 2.75) is 18.4 Å². The highest BCUT2D eigenvalue weighted by Crippen LogP contribution is 2.21. The molecule has 0 saturated carbocycles. The minimum absolute atomic E-state index is 0.0611. The van der Waals surface area contributed by atoms with Gasteiger partial charge in [0.15, 0.2) is 14.6 Å². The Balaban J connectivity index is 2.11. The van der Waals surface area contributed by atoms with Crippen molar-refractivity contribution in [3.63, 3.8) is 0 Å². The first-order chi connectivity index (χ1) is 13.4. The van der Waals surface area contributed by atoms with Crippen LogP contribution in [0, 0.1) is 5.82 Å². The largest absolute Gasteiger partial charge is 0.383 e. The van der Waals surface area contributed by atoms with Crippen molar-refractivity contribution in [1.82, 2.24) is 4.57 Å². The highest BCUT2D eigenvalue weighted by Gasteiger charge is 2.15. The molecule has 0 unspecified atom stereocenters. The van der Waals surface area contributed by atoms with Gasteiger partial charge in [0.1, 0.15) is 5.82 Å². The SMILES string of the molecule is CCS(=O)(=O)c1cccc(C(=O)N=c2sc3cccc(F)c3n2CCOC)c1. The lowest BCUT2D eigenvalue weighted by Gasteiger charge is -2.05. The molecule has 148 valence electrons. The molecule has 1 amide bonds. The number of aromatic nitrogens is 1. The number of carbonyl (C=O) groups excluding carboxylic acids is 1. The van der Waals surface area contributed by atoms with E-state index in [4.69, 9.17) is 4.74 Å². The van der Waals surface area contributed by atoms with E-state index in [0.29, 0.717) is 28.2 Å². The second-order valence-electron chi connectivity index (χ2n) is 5.96. The molecule has 3 aromatic rings. The molecule has 0 radical (unpaired) electrons. The van der Waals surface area contributed by atoms with E-state index in [9.17, 15) is 17.6 Å². The van der Waals surface area contributed by atoms with Crippen LogP contribution in [0.5, 0.6) is 0 Å². The van der Waals surface area contributed by atoms with Gasteiger partial charge in [0.2, 0.25) is 0 Å². The van der Waals surface area contributed by atoms with Crippen molar-refractivity contribution < 1.29 is 22.3 Å². The van der Waals surface area contributed by atoms with E-state index < -0.39 is 21.6 Å². The summed E-state index contributed by atoms with van der Waals surface area (Å²) in [5, 5.41) is 0. The molecule has 0 N–H and O–H groups in total. The molecule has 2 aromatic carbocycles. The van der Waals surface area contributed by atoms with E-state index >= 15 is 0 Å². The molecule has 0 fully saturated rings. The summed E-state index contributed by atoms with van der Waals surface area (Å²) in [5.41, 5.74) is 0.518. The average molecular weight is 423 g/mol. The van der Waals surface area contributed by atoms with Gasteiger partial charge in [-0.2, -0.15) is 4.99 Å². The summed E-state index contributed by atoms with van der Waals surface area (Å²) >= 11 is 1.19. The van der Waals surface area contributed by atoms with E-state index in [2.05, 4.69) is 4.99 Å². The van der Waals surface area contributed by atoms with Crippen LogP contribution in [0.2, 0.25) is 0 Å². The summed E-state index contributed by atoms with van der Waals surface area (Å²) in [6.07, 6.45) is 0. The molecule has 0 aliphatic rings. The molecule has 1 aromatic heterocycles. The second-order valence-corrected chi connectivity index (χ2v) is 9.25. The predicted molar refractivity (Wildman–Crippen MR) is 106 cm³/mol.